The summed E-state index contributed by atoms with van der Waals surface area (Å²) >= 11 is 0. The zero-order valence-corrected chi connectivity index (χ0v) is 14.4. The molecule has 0 aliphatic rings. The molecule has 0 radical (unpaired) electrons. The van der Waals surface area contributed by atoms with Crippen molar-refractivity contribution >= 4 is 23.7 Å². The van der Waals surface area contributed by atoms with Crippen LogP contribution in [0.3, 0.4) is 0 Å². The lowest BCUT2D eigenvalue weighted by atomic mass is 10.1. The van der Waals surface area contributed by atoms with Crippen LogP contribution in [0.2, 0.25) is 0 Å². The van der Waals surface area contributed by atoms with Gasteiger partial charge in [0.1, 0.15) is 34.9 Å². The number of nitrogens with zero attached hydrogens (tertiary/aromatic N) is 4. The number of anilines is 3. The van der Waals surface area contributed by atoms with Crippen molar-refractivity contribution in [2.75, 3.05) is 16.8 Å². The molecule has 0 unspecified atom stereocenters. The molecular weight excluding hydrogens is 366 g/mol. The minimum Gasteiger partial charge on any atom is -0.399 e. The van der Waals surface area contributed by atoms with E-state index in [9.17, 15) is 8.78 Å². The molecule has 0 saturated carbocycles. The SMILES string of the molecule is N#Cc1cccc(-c2nc(N)nc(NCc3c(F)cc(N)cc3F)c2C=N)n1. The van der Waals surface area contributed by atoms with Gasteiger partial charge in [0.25, 0.3) is 0 Å². The predicted octanol–water partition coefficient (Wildman–Crippen LogP) is 2.46. The summed E-state index contributed by atoms with van der Waals surface area (Å²) < 4.78 is 28.0. The van der Waals surface area contributed by atoms with E-state index < -0.39 is 11.6 Å². The summed E-state index contributed by atoms with van der Waals surface area (Å²) in [5.74, 6) is -1.66. The highest BCUT2D eigenvalue weighted by molar-refractivity contribution is 5.92. The Bertz CT molecular complexity index is 1080. The van der Waals surface area contributed by atoms with Gasteiger partial charge in [0.05, 0.1) is 11.3 Å². The summed E-state index contributed by atoms with van der Waals surface area (Å²) in [5, 5.41) is 19.5. The summed E-state index contributed by atoms with van der Waals surface area (Å²) in [6, 6.07) is 8.66. The quantitative estimate of drug-likeness (QED) is 0.392. The summed E-state index contributed by atoms with van der Waals surface area (Å²) in [6.07, 6.45) is 0.966. The Kier molecular flexibility index (Phi) is 5.08. The smallest absolute Gasteiger partial charge is 0.222 e. The highest BCUT2D eigenvalue weighted by atomic mass is 19.1. The third-order valence-electron chi connectivity index (χ3n) is 3.81. The van der Waals surface area contributed by atoms with Gasteiger partial charge in [0.15, 0.2) is 0 Å². The lowest BCUT2D eigenvalue weighted by Crippen LogP contribution is -2.12. The van der Waals surface area contributed by atoms with E-state index in [2.05, 4.69) is 20.3 Å². The number of nitriles is 1. The van der Waals surface area contributed by atoms with E-state index in [1.165, 1.54) is 6.07 Å². The minimum absolute atomic E-state index is 0.0315. The summed E-state index contributed by atoms with van der Waals surface area (Å²) in [4.78, 5) is 12.2. The lowest BCUT2D eigenvalue weighted by molar-refractivity contribution is 0.561. The van der Waals surface area contributed by atoms with Crippen LogP contribution in [-0.4, -0.2) is 21.2 Å². The van der Waals surface area contributed by atoms with E-state index in [0.29, 0.717) is 5.69 Å². The summed E-state index contributed by atoms with van der Waals surface area (Å²) in [6.45, 7) is -0.264. The van der Waals surface area contributed by atoms with Crippen LogP contribution in [0.1, 0.15) is 16.8 Å². The largest absolute Gasteiger partial charge is 0.399 e. The van der Waals surface area contributed by atoms with Crippen molar-refractivity contribution in [2.24, 2.45) is 0 Å². The highest BCUT2D eigenvalue weighted by Gasteiger charge is 2.17. The van der Waals surface area contributed by atoms with Gasteiger partial charge in [-0.05, 0) is 24.3 Å². The van der Waals surface area contributed by atoms with Crippen LogP contribution >= 0.6 is 0 Å². The molecule has 0 saturated heterocycles. The van der Waals surface area contributed by atoms with Crippen LogP contribution < -0.4 is 16.8 Å². The first-order chi connectivity index (χ1) is 13.4. The normalized spacial score (nSPS) is 10.3. The van der Waals surface area contributed by atoms with E-state index in [-0.39, 0.29) is 46.5 Å². The van der Waals surface area contributed by atoms with Gasteiger partial charge in [0, 0.05) is 24.0 Å². The average molecular weight is 380 g/mol. The molecule has 10 heteroatoms. The fourth-order valence-electron chi connectivity index (χ4n) is 2.55. The molecule has 3 rings (SSSR count). The minimum atomic E-state index is -0.813. The van der Waals surface area contributed by atoms with Crippen LogP contribution in [-0.2, 0) is 6.54 Å². The van der Waals surface area contributed by atoms with Crippen LogP contribution in [0.4, 0.5) is 26.2 Å². The molecule has 6 N–H and O–H groups in total. The predicted molar refractivity (Wildman–Crippen MR) is 100 cm³/mol. The molecule has 0 fully saturated rings. The molecule has 0 atom stereocenters. The topological polar surface area (TPSA) is 150 Å². The number of halogens is 2. The molecule has 140 valence electrons. The van der Waals surface area contributed by atoms with Crippen molar-refractivity contribution in [1.82, 2.24) is 15.0 Å². The van der Waals surface area contributed by atoms with Gasteiger partial charge in [-0.25, -0.2) is 18.7 Å². The van der Waals surface area contributed by atoms with Crippen molar-refractivity contribution in [2.45, 2.75) is 6.54 Å². The van der Waals surface area contributed by atoms with Gasteiger partial charge in [-0.1, -0.05) is 6.07 Å². The molecule has 2 aromatic heterocycles. The van der Waals surface area contributed by atoms with Gasteiger partial charge in [-0.15, -0.1) is 0 Å². The van der Waals surface area contributed by atoms with E-state index in [0.717, 1.165) is 18.3 Å². The summed E-state index contributed by atoms with van der Waals surface area (Å²) in [7, 11) is 0. The lowest BCUT2D eigenvalue weighted by Gasteiger charge is -2.13. The van der Waals surface area contributed by atoms with E-state index >= 15 is 0 Å². The maximum atomic E-state index is 14.0. The zero-order valence-electron chi connectivity index (χ0n) is 14.4. The first-order valence-electron chi connectivity index (χ1n) is 7.95. The molecule has 0 amide bonds. The van der Waals surface area contributed by atoms with E-state index in [1.807, 2.05) is 6.07 Å². The molecule has 1 aromatic carbocycles. The van der Waals surface area contributed by atoms with Crippen molar-refractivity contribution in [3.63, 3.8) is 0 Å². The Morgan fingerprint density at radius 1 is 1.14 bits per heavy atom. The first kappa shape index (κ1) is 18.7. The van der Waals surface area contributed by atoms with Gasteiger partial charge in [0.2, 0.25) is 5.95 Å². The second-order valence-corrected chi connectivity index (χ2v) is 5.67. The monoisotopic (exact) mass is 380 g/mol. The second-order valence-electron chi connectivity index (χ2n) is 5.67. The average Bonchev–Trinajstić information content (AvgIpc) is 2.66. The number of rotatable bonds is 5. The number of hydrogen-bond donors (Lipinski definition) is 4. The van der Waals surface area contributed by atoms with Crippen LogP contribution in [0, 0.1) is 28.4 Å². The van der Waals surface area contributed by atoms with Crippen LogP contribution in [0.15, 0.2) is 30.3 Å². The number of aromatic nitrogens is 3. The molecule has 8 nitrogen and oxygen atoms in total. The van der Waals surface area contributed by atoms with Crippen molar-refractivity contribution in [1.29, 1.82) is 10.7 Å². The molecule has 0 spiro atoms. The Labute approximate surface area is 158 Å². The Balaban J connectivity index is 2.02. The molecule has 28 heavy (non-hydrogen) atoms. The van der Waals surface area contributed by atoms with Crippen molar-refractivity contribution < 1.29 is 8.78 Å². The Hall–Kier alpha value is -4.13. The van der Waals surface area contributed by atoms with Crippen molar-refractivity contribution in [3.05, 3.63) is 58.8 Å². The van der Waals surface area contributed by atoms with Crippen molar-refractivity contribution in [3.8, 4) is 17.5 Å². The zero-order chi connectivity index (χ0) is 20.3. The Morgan fingerprint density at radius 2 is 1.86 bits per heavy atom. The van der Waals surface area contributed by atoms with Gasteiger partial charge < -0.3 is 22.2 Å². The molecule has 0 aliphatic heterocycles. The first-order valence-corrected chi connectivity index (χ1v) is 7.95. The number of nitrogen functional groups attached to an aromatic ring is 2. The van der Waals surface area contributed by atoms with E-state index in [4.69, 9.17) is 22.1 Å². The fourth-order valence-corrected chi connectivity index (χ4v) is 2.55. The number of pyridine rings is 1. The van der Waals surface area contributed by atoms with E-state index in [1.54, 1.807) is 12.1 Å². The Morgan fingerprint density at radius 3 is 2.50 bits per heavy atom. The standard InChI is InChI=1S/C18H14F2N8/c19-13-4-9(23)5-14(20)12(13)8-25-17-11(7-22)16(27-18(24)28-17)15-3-1-2-10(6-21)26-15/h1-5,7,22H,8,23H2,(H3,24,25,27,28). The molecular formula is C18H14F2N8. The molecule has 0 bridgehead atoms. The van der Waals surface area contributed by atoms with Crippen LogP contribution in [0.25, 0.3) is 11.4 Å². The third kappa shape index (κ3) is 3.68. The molecule has 3 aromatic rings. The van der Waals surface area contributed by atoms with Gasteiger partial charge >= 0.3 is 0 Å². The molecule has 2 heterocycles. The van der Waals surface area contributed by atoms with Crippen LogP contribution in [0.5, 0.6) is 0 Å². The highest BCUT2D eigenvalue weighted by Crippen LogP contribution is 2.26. The number of nitrogens with two attached hydrogens (primary N) is 2. The third-order valence-corrected chi connectivity index (χ3v) is 3.81. The number of nitrogens with one attached hydrogen (secondary N) is 2. The summed E-state index contributed by atoms with van der Waals surface area (Å²) in [5.41, 5.74) is 11.8. The maximum absolute atomic E-state index is 14.0. The van der Waals surface area contributed by atoms with Gasteiger partial charge in [-0.3, -0.25) is 0 Å². The number of hydrogen-bond acceptors (Lipinski definition) is 8. The van der Waals surface area contributed by atoms with Gasteiger partial charge in [-0.2, -0.15) is 10.2 Å². The fraction of sp³-hybridized carbons (Fsp3) is 0.0556. The molecule has 0 aliphatic carbocycles. The second kappa shape index (κ2) is 7.63. The number of benzene rings is 1. The maximum Gasteiger partial charge on any atom is 0.222 e.